The number of nitrogens with two attached hydrogens (primary N) is 1. The quantitative estimate of drug-likeness (QED) is 0.628. The van der Waals surface area contributed by atoms with Gasteiger partial charge in [-0.3, -0.25) is 14.9 Å². The molecule has 0 aliphatic heterocycles. The highest BCUT2D eigenvalue weighted by atomic mass is 16.6. The maximum absolute atomic E-state index is 12.4. The average Bonchev–Trinajstić information content (AvgIpc) is 2.55. The van der Waals surface area contributed by atoms with Crippen LogP contribution < -0.4 is 20.5 Å². The van der Waals surface area contributed by atoms with Crippen molar-refractivity contribution in [1.82, 2.24) is 5.32 Å². The van der Waals surface area contributed by atoms with Crippen LogP contribution in [0.25, 0.3) is 0 Å². The molecule has 1 aliphatic rings. The summed E-state index contributed by atoms with van der Waals surface area (Å²) in [6, 6.07) is 2.68. The first-order valence-electron chi connectivity index (χ1n) is 7.43. The fraction of sp³-hybridized carbons (Fsp3) is 0.533. The van der Waals surface area contributed by atoms with E-state index in [1.54, 1.807) is 0 Å². The van der Waals surface area contributed by atoms with Crippen LogP contribution in [-0.2, 0) is 0 Å². The summed E-state index contributed by atoms with van der Waals surface area (Å²) in [6.07, 6.45) is 3.21. The van der Waals surface area contributed by atoms with E-state index in [4.69, 9.17) is 15.2 Å². The molecule has 1 aromatic carbocycles. The first kappa shape index (κ1) is 17.0. The number of ether oxygens (including phenoxy) is 2. The lowest BCUT2D eigenvalue weighted by Gasteiger charge is -2.26. The molecular weight excluding hydrogens is 302 g/mol. The van der Waals surface area contributed by atoms with Crippen LogP contribution in [-0.4, -0.2) is 37.1 Å². The van der Waals surface area contributed by atoms with Crippen LogP contribution in [0.5, 0.6) is 11.5 Å². The second-order valence-corrected chi connectivity index (χ2v) is 5.57. The van der Waals surface area contributed by atoms with E-state index in [9.17, 15) is 14.9 Å². The van der Waals surface area contributed by atoms with Crippen LogP contribution in [0, 0.1) is 10.1 Å². The fourth-order valence-corrected chi connectivity index (χ4v) is 2.73. The zero-order chi connectivity index (χ0) is 17.0. The lowest BCUT2D eigenvalue weighted by Crippen LogP contribution is -2.40. The van der Waals surface area contributed by atoms with Gasteiger partial charge in [-0.1, -0.05) is 0 Å². The third-order valence-corrected chi connectivity index (χ3v) is 4.05. The zero-order valence-electron chi connectivity index (χ0n) is 13.2. The van der Waals surface area contributed by atoms with E-state index in [1.165, 1.54) is 26.4 Å². The molecule has 0 radical (unpaired) electrons. The summed E-state index contributed by atoms with van der Waals surface area (Å²) in [4.78, 5) is 23.1. The number of nitro groups is 1. The topological polar surface area (TPSA) is 117 Å². The minimum absolute atomic E-state index is 0.0185. The standard InChI is InChI=1S/C15H21N3O5/c1-22-13-7-11(12(18(20)21)8-14(13)23-2)15(19)17-10-5-3-9(16)4-6-10/h7-10H,3-6,16H2,1-2H3,(H,17,19). The molecule has 1 saturated carbocycles. The summed E-state index contributed by atoms with van der Waals surface area (Å²) in [5.41, 5.74) is 5.49. The van der Waals surface area contributed by atoms with E-state index >= 15 is 0 Å². The van der Waals surface area contributed by atoms with Crippen molar-refractivity contribution < 1.29 is 19.2 Å². The third-order valence-electron chi connectivity index (χ3n) is 4.05. The molecule has 1 aliphatic carbocycles. The molecule has 1 aromatic rings. The van der Waals surface area contributed by atoms with Crippen LogP contribution in [0.3, 0.4) is 0 Å². The van der Waals surface area contributed by atoms with E-state index in [-0.39, 0.29) is 34.8 Å². The minimum atomic E-state index is -0.604. The van der Waals surface area contributed by atoms with Crippen molar-refractivity contribution >= 4 is 11.6 Å². The van der Waals surface area contributed by atoms with Crippen LogP contribution in [0.2, 0.25) is 0 Å². The number of amides is 1. The number of nitrogens with zero attached hydrogens (tertiary/aromatic N) is 1. The monoisotopic (exact) mass is 323 g/mol. The second kappa shape index (κ2) is 7.28. The maximum Gasteiger partial charge on any atom is 0.286 e. The summed E-state index contributed by atoms with van der Waals surface area (Å²) < 4.78 is 10.2. The first-order chi connectivity index (χ1) is 11.0. The molecule has 1 amide bonds. The van der Waals surface area contributed by atoms with Crippen molar-refractivity contribution in [3.05, 3.63) is 27.8 Å². The third kappa shape index (κ3) is 3.89. The van der Waals surface area contributed by atoms with Gasteiger partial charge in [0.1, 0.15) is 5.56 Å². The van der Waals surface area contributed by atoms with Gasteiger partial charge in [0.15, 0.2) is 11.5 Å². The number of nitro benzene ring substituents is 1. The number of benzene rings is 1. The Bertz CT molecular complexity index is 597. The summed E-state index contributed by atoms with van der Waals surface area (Å²) in [6.45, 7) is 0. The van der Waals surface area contributed by atoms with Gasteiger partial charge in [-0.15, -0.1) is 0 Å². The molecule has 0 bridgehead atoms. The Balaban J connectivity index is 2.25. The Labute approximate surface area is 134 Å². The number of hydrogen-bond acceptors (Lipinski definition) is 6. The van der Waals surface area contributed by atoms with Crippen LogP contribution in [0.4, 0.5) is 5.69 Å². The molecule has 8 nitrogen and oxygen atoms in total. The molecule has 0 heterocycles. The highest BCUT2D eigenvalue weighted by molar-refractivity contribution is 5.99. The van der Waals surface area contributed by atoms with Gasteiger partial charge in [0.2, 0.25) is 0 Å². The highest BCUT2D eigenvalue weighted by Crippen LogP contribution is 2.34. The Morgan fingerprint density at radius 1 is 1.22 bits per heavy atom. The van der Waals surface area contributed by atoms with Gasteiger partial charge < -0.3 is 20.5 Å². The lowest BCUT2D eigenvalue weighted by atomic mass is 9.91. The molecule has 1 fully saturated rings. The molecule has 0 saturated heterocycles. The van der Waals surface area contributed by atoms with Crippen molar-refractivity contribution in [2.45, 2.75) is 37.8 Å². The molecule has 2 rings (SSSR count). The summed E-state index contributed by atoms with van der Waals surface area (Å²) >= 11 is 0. The molecule has 0 atom stereocenters. The van der Waals surface area contributed by atoms with E-state index in [0.717, 1.165) is 25.7 Å². The Hall–Kier alpha value is -2.35. The SMILES string of the molecule is COc1cc(C(=O)NC2CCC(N)CC2)c([N+](=O)[O-])cc1OC. The maximum atomic E-state index is 12.4. The molecule has 0 aromatic heterocycles. The molecule has 0 unspecified atom stereocenters. The Morgan fingerprint density at radius 3 is 2.30 bits per heavy atom. The molecule has 0 spiro atoms. The van der Waals surface area contributed by atoms with Gasteiger partial charge in [-0.05, 0) is 25.7 Å². The van der Waals surface area contributed by atoms with Gasteiger partial charge in [0, 0.05) is 18.2 Å². The van der Waals surface area contributed by atoms with Crippen LogP contribution in [0.15, 0.2) is 12.1 Å². The summed E-state index contributed by atoms with van der Waals surface area (Å²) in [5.74, 6) is -0.00793. The number of rotatable bonds is 5. The minimum Gasteiger partial charge on any atom is -0.493 e. The van der Waals surface area contributed by atoms with Crippen molar-refractivity contribution in [2.24, 2.45) is 5.73 Å². The lowest BCUT2D eigenvalue weighted by molar-refractivity contribution is -0.385. The van der Waals surface area contributed by atoms with E-state index in [1.807, 2.05) is 0 Å². The van der Waals surface area contributed by atoms with Crippen molar-refractivity contribution in [3.8, 4) is 11.5 Å². The van der Waals surface area contributed by atoms with Gasteiger partial charge in [0.05, 0.1) is 25.2 Å². The Morgan fingerprint density at radius 2 is 1.78 bits per heavy atom. The summed E-state index contributed by atoms with van der Waals surface area (Å²) in [5, 5.41) is 14.1. The van der Waals surface area contributed by atoms with Crippen LogP contribution in [0.1, 0.15) is 36.0 Å². The molecule has 3 N–H and O–H groups in total. The number of nitrogens with one attached hydrogen (secondary N) is 1. The number of carbonyl (C=O) groups excluding carboxylic acids is 1. The Kier molecular flexibility index (Phi) is 5.38. The van der Waals surface area contributed by atoms with E-state index < -0.39 is 10.8 Å². The number of methoxy groups -OCH3 is 2. The van der Waals surface area contributed by atoms with Crippen molar-refractivity contribution in [1.29, 1.82) is 0 Å². The van der Waals surface area contributed by atoms with Crippen molar-refractivity contribution in [2.75, 3.05) is 14.2 Å². The van der Waals surface area contributed by atoms with E-state index in [2.05, 4.69) is 5.32 Å². The van der Waals surface area contributed by atoms with Gasteiger partial charge in [0.25, 0.3) is 11.6 Å². The molecular formula is C15H21N3O5. The largest absolute Gasteiger partial charge is 0.493 e. The molecule has 8 heteroatoms. The predicted molar refractivity (Wildman–Crippen MR) is 83.9 cm³/mol. The second-order valence-electron chi connectivity index (χ2n) is 5.57. The molecule has 126 valence electrons. The van der Waals surface area contributed by atoms with Gasteiger partial charge >= 0.3 is 0 Å². The highest BCUT2D eigenvalue weighted by Gasteiger charge is 2.27. The molecule has 23 heavy (non-hydrogen) atoms. The number of hydrogen-bond donors (Lipinski definition) is 2. The predicted octanol–water partition coefficient (Wildman–Crippen LogP) is 1.61. The number of carbonyl (C=O) groups is 1. The van der Waals surface area contributed by atoms with Crippen molar-refractivity contribution in [3.63, 3.8) is 0 Å². The van der Waals surface area contributed by atoms with Gasteiger partial charge in [-0.25, -0.2) is 0 Å². The average molecular weight is 323 g/mol. The van der Waals surface area contributed by atoms with Crippen LogP contribution >= 0.6 is 0 Å². The fourth-order valence-electron chi connectivity index (χ4n) is 2.73. The first-order valence-corrected chi connectivity index (χ1v) is 7.43. The summed E-state index contributed by atoms with van der Waals surface area (Å²) in [7, 11) is 2.79. The van der Waals surface area contributed by atoms with Gasteiger partial charge in [-0.2, -0.15) is 0 Å². The zero-order valence-corrected chi connectivity index (χ0v) is 13.2. The normalized spacial score (nSPS) is 20.7. The van der Waals surface area contributed by atoms with E-state index in [0.29, 0.717) is 0 Å². The smallest absolute Gasteiger partial charge is 0.286 e.